The van der Waals surface area contributed by atoms with Gasteiger partial charge in [0.15, 0.2) is 5.69 Å². The Morgan fingerprint density at radius 2 is 2.13 bits per heavy atom. The Bertz CT molecular complexity index is 912. The number of hydrogen-bond donors (Lipinski definition) is 2. The third kappa shape index (κ3) is 5.49. The van der Waals surface area contributed by atoms with E-state index in [9.17, 15) is 4.79 Å². The highest BCUT2D eigenvalue weighted by Gasteiger charge is 2.20. The predicted octanol–water partition coefficient (Wildman–Crippen LogP) is 4.31. The van der Waals surface area contributed by atoms with Gasteiger partial charge in [-0.25, -0.2) is 4.68 Å². The molecular weight excluding hydrogens is 398 g/mol. The van der Waals surface area contributed by atoms with Crippen LogP contribution in [0.4, 0.5) is 0 Å². The summed E-state index contributed by atoms with van der Waals surface area (Å²) in [6.45, 7) is 3.72. The minimum atomic E-state index is -0.164. The lowest BCUT2D eigenvalue weighted by Gasteiger charge is -2.20. The molecule has 1 atom stereocenters. The molecule has 2 aromatic rings. The third-order valence-corrected chi connectivity index (χ3v) is 6.29. The van der Waals surface area contributed by atoms with E-state index in [0.717, 1.165) is 42.8 Å². The van der Waals surface area contributed by atoms with Crippen LogP contribution in [0.5, 0.6) is 0 Å². The summed E-state index contributed by atoms with van der Waals surface area (Å²) in [6.07, 6.45) is 11.8. The molecule has 0 radical (unpaired) electrons. The summed E-state index contributed by atoms with van der Waals surface area (Å²) in [7, 11) is 0. The van der Waals surface area contributed by atoms with Gasteiger partial charge in [0.05, 0.1) is 12.2 Å². The van der Waals surface area contributed by atoms with E-state index in [4.69, 9.17) is 11.6 Å². The fourth-order valence-electron chi connectivity index (χ4n) is 4.13. The zero-order valence-corrected chi connectivity index (χ0v) is 18.3. The van der Waals surface area contributed by atoms with Crippen molar-refractivity contribution in [1.29, 1.82) is 0 Å². The number of nitrogens with one attached hydrogen (secondary N) is 2. The van der Waals surface area contributed by atoms with Gasteiger partial charge in [0.1, 0.15) is 0 Å². The van der Waals surface area contributed by atoms with Crippen molar-refractivity contribution in [3.63, 3.8) is 0 Å². The second-order valence-corrected chi connectivity index (χ2v) is 8.85. The third-order valence-electron chi connectivity index (χ3n) is 6.06. The quantitative estimate of drug-likeness (QED) is 0.615. The van der Waals surface area contributed by atoms with Gasteiger partial charge >= 0.3 is 0 Å². The van der Waals surface area contributed by atoms with E-state index in [1.165, 1.54) is 30.4 Å². The molecule has 7 heteroatoms. The van der Waals surface area contributed by atoms with Crippen LogP contribution in [-0.2, 0) is 0 Å². The Morgan fingerprint density at radius 1 is 1.33 bits per heavy atom. The van der Waals surface area contributed by atoms with E-state index in [1.807, 2.05) is 22.9 Å². The predicted molar refractivity (Wildman–Crippen MR) is 120 cm³/mol. The average molecular weight is 428 g/mol. The number of aromatic nitrogens is 3. The van der Waals surface area contributed by atoms with Gasteiger partial charge in [-0.15, -0.1) is 5.10 Å². The van der Waals surface area contributed by atoms with Gasteiger partial charge in [-0.1, -0.05) is 48.2 Å². The molecule has 4 rings (SSSR count). The summed E-state index contributed by atoms with van der Waals surface area (Å²) >= 11 is 6.24. The standard InChI is InChI=1S/C23H30ClN5O/c1-16-7-9-18(24)13-21(16)17(8-10-19-14-26-19)11-12-25-23(30)22-15-29(28-27-22)20-5-3-2-4-6-20/h7-9,13,15,19-20,26H,2-6,10-12,14H2,1H3,(H,25,30)/b17-8-. The molecule has 2 aliphatic rings. The highest BCUT2D eigenvalue weighted by atomic mass is 35.5. The maximum atomic E-state index is 12.6. The van der Waals surface area contributed by atoms with Crippen molar-refractivity contribution in [3.8, 4) is 0 Å². The summed E-state index contributed by atoms with van der Waals surface area (Å²) in [6, 6.07) is 6.93. The number of rotatable bonds is 8. The normalized spacial score (nSPS) is 19.7. The van der Waals surface area contributed by atoms with Crippen LogP contribution in [0.25, 0.3) is 5.57 Å². The van der Waals surface area contributed by atoms with Crippen LogP contribution in [0.2, 0.25) is 5.02 Å². The topological polar surface area (TPSA) is 81.8 Å². The van der Waals surface area contributed by atoms with Crippen LogP contribution < -0.4 is 10.6 Å². The van der Waals surface area contributed by atoms with Crippen molar-refractivity contribution in [2.24, 2.45) is 0 Å². The number of halogens is 1. The molecule has 30 heavy (non-hydrogen) atoms. The number of benzene rings is 1. The van der Waals surface area contributed by atoms with E-state index < -0.39 is 0 Å². The Kier molecular flexibility index (Phi) is 6.85. The molecule has 2 heterocycles. The number of carbonyl (C=O) groups excluding carboxylic acids is 1. The van der Waals surface area contributed by atoms with Crippen molar-refractivity contribution in [3.05, 3.63) is 52.3 Å². The number of aryl methyl sites for hydroxylation is 1. The molecule has 0 spiro atoms. The molecule has 1 aliphatic carbocycles. The van der Waals surface area contributed by atoms with E-state index in [0.29, 0.717) is 24.3 Å². The highest BCUT2D eigenvalue weighted by molar-refractivity contribution is 6.30. The first kappa shape index (κ1) is 21.1. The van der Waals surface area contributed by atoms with E-state index in [2.05, 4.69) is 33.9 Å². The first-order valence-electron chi connectivity index (χ1n) is 11.0. The number of hydrogen-bond acceptors (Lipinski definition) is 4. The maximum Gasteiger partial charge on any atom is 0.273 e. The number of amides is 1. The minimum Gasteiger partial charge on any atom is -0.350 e. The molecular formula is C23H30ClN5O. The van der Waals surface area contributed by atoms with Crippen LogP contribution in [0.3, 0.4) is 0 Å². The second-order valence-electron chi connectivity index (χ2n) is 8.41. The summed E-state index contributed by atoms with van der Waals surface area (Å²) in [5, 5.41) is 15.4. The van der Waals surface area contributed by atoms with Gasteiger partial charge in [-0.2, -0.15) is 0 Å². The lowest BCUT2D eigenvalue weighted by Crippen LogP contribution is -2.25. The van der Waals surface area contributed by atoms with Crippen LogP contribution in [0, 0.1) is 6.92 Å². The van der Waals surface area contributed by atoms with E-state index in [-0.39, 0.29) is 5.91 Å². The lowest BCUT2D eigenvalue weighted by molar-refractivity contribution is 0.0949. The monoisotopic (exact) mass is 427 g/mol. The van der Waals surface area contributed by atoms with Gasteiger partial charge < -0.3 is 10.6 Å². The van der Waals surface area contributed by atoms with Gasteiger partial charge in [0, 0.05) is 24.2 Å². The smallest absolute Gasteiger partial charge is 0.273 e. The maximum absolute atomic E-state index is 12.6. The van der Waals surface area contributed by atoms with Gasteiger partial charge in [-0.05, 0) is 61.4 Å². The van der Waals surface area contributed by atoms with Gasteiger partial charge in [-0.3, -0.25) is 4.79 Å². The fourth-order valence-corrected chi connectivity index (χ4v) is 4.30. The van der Waals surface area contributed by atoms with E-state index >= 15 is 0 Å². The zero-order chi connectivity index (χ0) is 20.9. The molecule has 1 aromatic carbocycles. The Balaban J connectivity index is 1.36. The molecule has 1 amide bonds. The average Bonchev–Trinajstić information content (AvgIpc) is 3.46. The summed E-state index contributed by atoms with van der Waals surface area (Å²) in [5.74, 6) is -0.164. The molecule has 1 aromatic heterocycles. The number of carbonyl (C=O) groups is 1. The van der Waals surface area contributed by atoms with Crippen molar-refractivity contribution in [2.75, 3.05) is 13.1 Å². The van der Waals surface area contributed by atoms with Crippen LogP contribution in [-0.4, -0.2) is 40.0 Å². The van der Waals surface area contributed by atoms with Gasteiger partial charge in [0.25, 0.3) is 5.91 Å². The van der Waals surface area contributed by atoms with Crippen LogP contribution >= 0.6 is 11.6 Å². The molecule has 2 N–H and O–H groups in total. The van der Waals surface area contributed by atoms with E-state index in [1.54, 1.807) is 6.20 Å². The largest absolute Gasteiger partial charge is 0.350 e. The summed E-state index contributed by atoms with van der Waals surface area (Å²) in [4.78, 5) is 12.6. The Labute approximate surface area is 183 Å². The van der Waals surface area contributed by atoms with Gasteiger partial charge in [0.2, 0.25) is 0 Å². The zero-order valence-electron chi connectivity index (χ0n) is 17.5. The first-order valence-corrected chi connectivity index (χ1v) is 11.4. The van der Waals surface area contributed by atoms with Crippen molar-refractivity contribution >= 4 is 23.1 Å². The molecule has 0 bridgehead atoms. The minimum absolute atomic E-state index is 0.164. The highest BCUT2D eigenvalue weighted by Crippen LogP contribution is 2.28. The molecule has 1 saturated heterocycles. The molecule has 160 valence electrons. The van der Waals surface area contributed by atoms with Crippen LogP contribution in [0.1, 0.15) is 72.6 Å². The van der Waals surface area contributed by atoms with Crippen molar-refractivity contribution in [2.45, 2.75) is 64.0 Å². The molecule has 1 aliphatic heterocycles. The Morgan fingerprint density at radius 3 is 2.90 bits per heavy atom. The Hall–Kier alpha value is -2.18. The number of nitrogens with zero attached hydrogens (tertiary/aromatic N) is 3. The summed E-state index contributed by atoms with van der Waals surface area (Å²) in [5.41, 5.74) is 3.96. The molecule has 2 fully saturated rings. The summed E-state index contributed by atoms with van der Waals surface area (Å²) < 4.78 is 1.87. The van der Waals surface area contributed by atoms with Crippen molar-refractivity contribution < 1.29 is 4.79 Å². The molecule has 1 unspecified atom stereocenters. The fraction of sp³-hybridized carbons (Fsp3) is 0.522. The molecule has 1 saturated carbocycles. The first-order chi connectivity index (χ1) is 14.6. The SMILES string of the molecule is Cc1ccc(Cl)cc1/C(=C\CC1CN1)CCNC(=O)c1cn(C2CCCCC2)nn1. The lowest BCUT2D eigenvalue weighted by atomic mass is 9.96. The molecule has 6 nitrogen and oxygen atoms in total. The second kappa shape index (κ2) is 9.75. The van der Waals surface area contributed by atoms with Crippen molar-refractivity contribution in [1.82, 2.24) is 25.6 Å². The van der Waals surface area contributed by atoms with Crippen LogP contribution in [0.15, 0.2) is 30.5 Å².